The van der Waals surface area contributed by atoms with E-state index in [1.165, 1.54) is 0 Å². The Kier molecular flexibility index (Phi) is 8.66. The Morgan fingerprint density at radius 3 is 0.791 bits per heavy atom. The molecule has 43 heavy (non-hydrogen) atoms. The van der Waals surface area contributed by atoms with Gasteiger partial charge in [0.1, 0.15) is 28.7 Å². The molecule has 5 aromatic rings. The van der Waals surface area contributed by atoms with Crippen LogP contribution in [0.4, 0.5) is 0 Å². The van der Waals surface area contributed by atoms with E-state index >= 15 is 0 Å². The van der Waals surface area contributed by atoms with Crippen LogP contribution >= 0.6 is 23.0 Å². The van der Waals surface area contributed by atoms with E-state index in [0.29, 0.717) is 28.7 Å². The van der Waals surface area contributed by atoms with Gasteiger partial charge in [-0.15, -0.1) is 13.7 Å². The molecule has 6 rings (SSSR count). The molecule has 0 saturated heterocycles. The van der Waals surface area contributed by atoms with Gasteiger partial charge >= 0.3 is 23.0 Å². The number of para-hydroxylation sites is 5. The van der Waals surface area contributed by atoms with Gasteiger partial charge in [-0.05, 0) is 60.7 Å². The first-order valence-corrected chi connectivity index (χ1v) is 17.6. The fourth-order valence-corrected chi connectivity index (χ4v) is 12.5. The molecule has 0 saturated carbocycles. The fourth-order valence-electron chi connectivity index (χ4n) is 3.84. The van der Waals surface area contributed by atoms with E-state index < -0.39 is 23.0 Å². The summed E-state index contributed by atoms with van der Waals surface area (Å²) in [4.78, 5) is 0. The second kappa shape index (κ2) is 12.9. The smallest absolute Gasteiger partial charge is 0.420 e. The average Bonchev–Trinajstić information content (AvgIpc) is 3.03. The number of benzene rings is 5. The van der Waals surface area contributed by atoms with Crippen LogP contribution in [0.25, 0.3) is 0 Å². The summed E-state index contributed by atoms with van der Waals surface area (Å²) in [6, 6.07) is 44.4. The van der Waals surface area contributed by atoms with Crippen molar-refractivity contribution in [1.29, 1.82) is 0 Å². The zero-order valence-electron chi connectivity index (χ0n) is 22.5. The summed E-state index contributed by atoms with van der Waals surface area (Å²) in [7, 11) is -11.9. The molecule has 0 spiro atoms. The van der Waals surface area contributed by atoms with E-state index in [9.17, 15) is 5.26 Å². The summed E-state index contributed by atoms with van der Waals surface area (Å²) in [6.45, 7) is 0. The first kappa shape index (κ1) is 28.8. The van der Waals surface area contributed by atoms with Crippen molar-refractivity contribution in [3.05, 3.63) is 152 Å². The van der Waals surface area contributed by atoms with E-state index in [1.807, 2.05) is 30.3 Å². The summed E-state index contributed by atoms with van der Waals surface area (Å²) >= 11 is 0. The third-order valence-corrected chi connectivity index (χ3v) is 13.5. The molecule has 1 atom stereocenters. The molecule has 13 heteroatoms. The van der Waals surface area contributed by atoms with Crippen LogP contribution in [0.1, 0.15) is 0 Å². The highest BCUT2D eigenvalue weighted by atomic mass is 31.3. The minimum atomic E-state index is -4.07. The molecule has 1 aliphatic heterocycles. The predicted molar refractivity (Wildman–Crippen MR) is 167 cm³/mol. The van der Waals surface area contributed by atoms with Crippen LogP contribution in [0.2, 0.25) is 0 Å². The molecular weight excluding hydrogens is 607 g/mol. The Balaban J connectivity index is 1.64. The Bertz CT molecular complexity index is 1640. The minimum Gasteiger partial charge on any atom is -0.420 e. The largest absolute Gasteiger partial charge is 0.460 e. The maximum atomic E-state index is 10.5. The highest BCUT2D eigenvalue weighted by Gasteiger charge is 2.48. The van der Waals surface area contributed by atoms with Crippen LogP contribution in [-0.2, 0) is 4.67 Å². The molecule has 0 fully saturated rings. The molecule has 0 aromatic heterocycles. The van der Waals surface area contributed by atoms with Gasteiger partial charge in [0.15, 0.2) is 0 Å². The fraction of sp³-hybridized carbons (Fsp3) is 0. The van der Waals surface area contributed by atoms with Crippen LogP contribution in [0.5, 0.6) is 28.7 Å². The van der Waals surface area contributed by atoms with Crippen molar-refractivity contribution in [2.75, 3.05) is 0 Å². The normalized spacial score (nSPS) is 18.1. The van der Waals surface area contributed by atoms with Gasteiger partial charge in [0.2, 0.25) is 0 Å². The van der Waals surface area contributed by atoms with Gasteiger partial charge in [0.05, 0.1) is 0 Å². The van der Waals surface area contributed by atoms with Crippen molar-refractivity contribution in [1.82, 2.24) is 0 Å². The summed E-state index contributed by atoms with van der Waals surface area (Å²) in [5.74, 6) is 1.92. The van der Waals surface area contributed by atoms with Crippen molar-refractivity contribution < 1.29 is 32.6 Å². The standard InChI is InChI=1S/C30H26N3O7P3/c34-40-43(39-30-24-14-5-15-25-30)32-41(35-26-16-6-1-7-17-26,36-27-18-8-2-9-19-27)31-42(33-43,37-28-20-10-3-11-21-28)38-29-22-12-4-13-23-29/h1-25,34H. The summed E-state index contributed by atoms with van der Waals surface area (Å²) in [6.07, 6.45) is 0. The van der Waals surface area contributed by atoms with Crippen molar-refractivity contribution >= 4 is 23.0 Å². The quantitative estimate of drug-likeness (QED) is 0.0875. The molecule has 5 aromatic carbocycles. The first-order valence-electron chi connectivity index (χ1n) is 13.1. The van der Waals surface area contributed by atoms with Gasteiger partial charge in [0, 0.05) is 0 Å². The summed E-state index contributed by atoms with van der Waals surface area (Å²) in [5, 5.41) is 10.5. The summed E-state index contributed by atoms with van der Waals surface area (Å²) in [5.41, 5.74) is 0. The lowest BCUT2D eigenvalue weighted by molar-refractivity contribution is -0.137. The molecular formula is C30H26N3O7P3. The Hall–Kier alpha value is -4.29. The Morgan fingerprint density at radius 2 is 0.535 bits per heavy atom. The van der Waals surface area contributed by atoms with Crippen LogP contribution in [-0.4, -0.2) is 5.26 Å². The van der Waals surface area contributed by atoms with Crippen molar-refractivity contribution in [3.63, 3.8) is 0 Å². The molecule has 0 radical (unpaired) electrons. The van der Waals surface area contributed by atoms with Crippen LogP contribution in [0.3, 0.4) is 0 Å². The van der Waals surface area contributed by atoms with Crippen LogP contribution in [0, 0.1) is 0 Å². The highest BCUT2D eigenvalue weighted by Crippen LogP contribution is 2.78. The number of nitrogens with zero attached hydrogens (tertiary/aromatic N) is 3. The second-order valence-corrected chi connectivity index (χ2v) is 15.0. The number of hydrogen-bond donors (Lipinski definition) is 1. The van der Waals surface area contributed by atoms with E-state index in [1.54, 1.807) is 121 Å². The van der Waals surface area contributed by atoms with Gasteiger partial charge in [-0.1, -0.05) is 95.5 Å². The van der Waals surface area contributed by atoms with Crippen LogP contribution < -0.4 is 22.6 Å². The predicted octanol–water partition coefficient (Wildman–Crippen LogP) is 10.7. The van der Waals surface area contributed by atoms with Gasteiger partial charge < -0.3 is 22.6 Å². The second-order valence-electron chi connectivity index (χ2n) is 8.84. The topological polar surface area (TPSA) is 113 Å². The molecule has 10 nitrogen and oxygen atoms in total. The first-order chi connectivity index (χ1) is 21.1. The third kappa shape index (κ3) is 7.20. The molecule has 1 unspecified atom stereocenters. The van der Waals surface area contributed by atoms with E-state index in [4.69, 9.17) is 40.8 Å². The molecule has 0 bridgehead atoms. The van der Waals surface area contributed by atoms with Crippen molar-refractivity contribution in [2.24, 2.45) is 13.5 Å². The lowest BCUT2D eigenvalue weighted by Gasteiger charge is -2.32. The molecule has 0 aliphatic carbocycles. The maximum Gasteiger partial charge on any atom is 0.460 e. The maximum absolute atomic E-state index is 10.5. The average molecular weight is 633 g/mol. The van der Waals surface area contributed by atoms with Crippen molar-refractivity contribution in [3.8, 4) is 28.7 Å². The summed E-state index contributed by atoms with van der Waals surface area (Å²) < 4.78 is 51.7. The lowest BCUT2D eigenvalue weighted by Crippen LogP contribution is -2.09. The van der Waals surface area contributed by atoms with E-state index in [-0.39, 0.29) is 0 Å². The zero-order valence-corrected chi connectivity index (χ0v) is 25.2. The zero-order chi connectivity index (χ0) is 29.4. The van der Waals surface area contributed by atoms with Gasteiger partial charge in [0.25, 0.3) is 0 Å². The number of hydrogen-bond acceptors (Lipinski definition) is 10. The minimum absolute atomic E-state index is 0.328. The molecule has 0 amide bonds. The Morgan fingerprint density at radius 1 is 0.326 bits per heavy atom. The van der Waals surface area contributed by atoms with Gasteiger partial charge in [-0.2, -0.15) is 0 Å². The lowest BCUT2D eigenvalue weighted by atomic mass is 10.3. The monoisotopic (exact) mass is 633 g/mol. The molecule has 1 heterocycles. The molecule has 218 valence electrons. The van der Waals surface area contributed by atoms with Crippen LogP contribution in [0.15, 0.2) is 165 Å². The van der Waals surface area contributed by atoms with Gasteiger partial charge in [-0.3, -0.25) is 0 Å². The van der Waals surface area contributed by atoms with E-state index in [0.717, 1.165) is 0 Å². The SMILES string of the molecule is OOP1(Oc2ccccc2)=NP(Oc2ccccc2)(Oc2ccccc2)=NP(Oc2ccccc2)(Oc2ccccc2)=N1. The third-order valence-electron chi connectivity index (χ3n) is 5.62. The van der Waals surface area contributed by atoms with E-state index in [2.05, 4.69) is 0 Å². The van der Waals surface area contributed by atoms with Crippen molar-refractivity contribution in [2.45, 2.75) is 0 Å². The molecule has 1 N–H and O–H groups in total. The molecule has 1 aliphatic rings. The highest BCUT2D eigenvalue weighted by molar-refractivity contribution is 7.78. The number of rotatable bonds is 11. The Labute approximate surface area is 249 Å². The van der Waals surface area contributed by atoms with Gasteiger partial charge in [-0.25, -0.2) is 5.26 Å².